The van der Waals surface area contributed by atoms with Crippen LogP contribution >= 0.6 is 0 Å². The predicted octanol–water partition coefficient (Wildman–Crippen LogP) is 2.19. The van der Waals surface area contributed by atoms with Crippen LogP contribution in [0.4, 0.5) is 0 Å². The number of hydrogen-bond acceptors (Lipinski definition) is 2. The van der Waals surface area contributed by atoms with E-state index in [1.165, 1.54) is 13.1 Å². The molecule has 1 aliphatic heterocycles. The molecule has 0 bridgehead atoms. The third-order valence-electron chi connectivity index (χ3n) is 3.48. The fraction of sp³-hybridized carbons (Fsp3) is 0.917. The van der Waals surface area contributed by atoms with Gasteiger partial charge >= 0.3 is 0 Å². The number of Topliss-reactive ketones (excluding diaryl/α,β-unsaturated/α-hetero) is 1. The predicted molar refractivity (Wildman–Crippen MR) is 59.2 cm³/mol. The van der Waals surface area contributed by atoms with Gasteiger partial charge in [-0.2, -0.15) is 0 Å². The van der Waals surface area contributed by atoms with E-state index >= 15 is 0 Å². The van der Waals surface area contributed by atoms with Crippen LogP contribution in [0.5, 0.6) is 0 Å². The van der Waals surface area contributed by atoms with Gasteiger partial charge in [-0.1, -0.05) is 20.8 Å². The van der Waals surface area contributed by atoms with Crippen LogP contribution in [0.1, 0.15) is 34.1 Å². The van der Waals surface area contributed by atoms with Gasteiger partial charge in [-0.3, -0.25) is 4.79 Å². The molecular formula is C12H23NO. The molecule has 2 unspecified atom stereocenters. The number of fused-ring (bicyclic) bond motifs is 1. The van der Waals surface area contributed by atoms with Crippen molar-refractivity contribution in [2.45, 2.75) is 34.1 Å². The van der Waals surface area contributed by atoms with Crippen molar-refractivity contribution in [2.75, 3.05) is 19.6 Å². The fourth-order valence-corrected chi connectivity index (χ4v) is 2.41. The molecule has 14 heavy (non-hydrogen) atoms. The van der Waals surface area contributed by atoms with Crippen molar-refractivity contribution in [3.63, 3.8) is 0 Å². The lowest BCUT2D eigenvalue weighted by Crippen LogP contribution is -2.26. The summed E-state index contributed by atoms with van der Waals surface area (Å²) in [5, 5.41) is 0. The number of ketones is 1. The maximum Gasteiger partial charge on any atom is 0.131 e. The van der Waals surface area contributed by atoms with Crippen LogP contribution in [-0.4, -0.2) is 30.3 Å². The number of carbonyl (C=O) groups is 1. The molecule has 1 saturated carbocycles. The van der Waals surface area contributed by atoms with Crippen LogP contribution in [0.15, 0.2) is 0 Å². The molecule has 0 aromatic heterocycles. The molecule has 0 aromatic rings. The van der Waals surface area contributed by atoms with Crippen LogP contribution in [0.2, 0.25) is 0 Å². The lowest BCUT2D eigenvalue weighted by molar-refractivity contribution is -0.117. The molecule has 2 atom stereocenters. The molecule has 0 radical (unpaired) electrons. The van der Waals surface area contributed by atoms with Crippen molar-refractivity contribution in [2.24, 2.45) is 17.8 Å². The molecule has 0 aromatic carbocycles. The minimum absolute atomic E-state index is 0.323. The first kappa shape index (κ1) is 11.7. The van der Waals surface area contributed by atoms with Gasteiger partial charge < -0.3 is 4.90 Å². The van der Waals surface area contributed by atoms with E-state index in [0.717, 1.165) is 30.7 Å². The normalized spacial score (nSPS) is 34.4. The molecule has 1 saturated heterocycles. The Morgan fingerprint density at radius 2 is 1.79 bits per heavy atom. The van der Waals surface area contributed by atoms with Gasteiger partial charge in [0.25, 0.3) is 0 Å². The van der Waals surface area contributed by atoms with E-state index in [-0.39, 0.29) is 0 Å². The lowest BCUT2D eigenvalue weighted by atomic mass is 10.2. The Kier molecular flexibility index (Phi) is 4.11. The fourth-order valence-electron chi connectivity index (χ4n) is 2.41. The van der Waals surface area contributed by atoms with Crippen LogP contribution in [-0.2, 0) is 4.79 Å². The summed E-state index contributed by atoms with van der Waals surface area (Å²) >= 11 is 0. The third-order valence-corrected chi connectivity index (χ3v) is 3.48. The highest BCUT2D eigenvalue weighted by molar-refractivity contribution is 5.75. The third kappa shape index (κ3) is 2.57. The van der Waals surface area contributed by atoms with E-state index in [0.29, 0.717) is 5.78 Å². The Balaban J connectivity index is 0.000000461. The van der Waals surface area contributed by atoms with E-state index in [1.54, 1.807) is 6.92 Å². The average Bonchev–Trinajstić information content (AvgIpc) is 2.66. The van der Waals surface area contributed by atoms with Gasteiger partial charge in [0.1, 0.15) is 5.78 Å². The molecule has 2 heteroatoms. The number of piperidine rings is 1. The topological polar surface area (TPSA) is 20.3 Å². The minimum atomic E-state index is 0.323. The number of nitrogens with zero attached hydrogens (tertiary/aromatic N) is 1. The van der Waals surface area contributed by atoms with Gasteiger partial charge in [0.05, 0.1) is 0 Å². The van der Waals surface area contributed by atoms with Crippen LogP contribution in [0.25, 0.3) is 0 Å². The van der Waals surface area contributed by atoms with E-state index in [9.17, 15) is 4.79 Å². The standard InChI is InChI=1S/C10H17NO.C2H6/c1-7(12)3-4-11-5-9-8(2)10(9)6-11;1-2/h8-10H,3-6H2,1-2H3;1-2H3. The maximum absolute atomic E-state index is 10.7. The summed E-state index contributed by atoms with van der Waals surface area (Å²) in [6.45, 7) is 11.5. The Morgan fingerprint density at radius 1 is 1.29 bits per heavy atom. The average molecular weight is 197 g/mol. The van der Waals surface area contributed by atoms with Gasteiger partial charge in [-0.05, 0) is 24.7 Å². The quantitative estimate of drug-likeness (QED) is 0.691. The monoisotopic (exact) mass is 197 g/mol. The molecule has 2 nitrogen and oxygen atoms in total. The van der Waals surface area contributed by atoms with Crippen molar-refractivity contribution < 1.29 is 4.79 Å². The van der Waals surface area contributed by atoms with Crippen molar-refractivity contribution in [1.82, 2.24) is 4.90 Å². The smallest absolute Gasteiger partial charge is 0.131 e. The summed E-state index contributed by atoms with van der Waals surface area (Å²) in [4.78, 5) is 13.2. The first-order valence-corrected chi connectivity index (χ1v) is 5.90. The molecule has 0 N–H and O–H groups in total. The number of rotatable bonds is 3. The summed E-state index contributed by atoms with van der Waals surface area (Å²) in [7, 11) is 0. The molecule has 2 rings (SSSR count). The molecule has 2 fully saturated rings. The molecule has 1 heterocycles. The highest BCUT2D eigenvalue weighted by Gasteiger charge is 2.52. The lowest BCUT2D eigenvalue weighted by Gasteiger charge is -2.17. The van der Waals surface area contributed by atoms with E-state index in [2.05, 4.69) is 11.8 Å². The summed E-state index contributed by atoms with van der Waals surface area (Å²) in [6.07, 6.45) is 0.744. The van der Waals surface area contributed by atoms with E-state index < -0.39 is 0 Å². The summed E-state index contributed by atoms with van der Waals surface area (Å²) in [6, 6.07) is 0. The first-order valence-electron chi connectivity index (χ1n) is 5.90. The number of hydrogen-bond donors (Lipinski definition) is 0. The van der Waals surface area contributed by atoms with Gasteiger partial charge in [-0.25, -0.2) is 0 Å². The van der Waals surface area contributed by atoms with Crippen LogP contribution < -0.4 is 0 Å². The van der Waals surface area contributed by atoms with Crippen molar-refractivity contribution in [3.05, 3.63) is 0 Å². The summed E-state index contributed by atoms with van der Waals surface area (Å²) in [5.74, 6) is 3.23. The van der Waals surface area contributed by atoms with Crippen LogP contribution in [0, 0.1) is 17.8 Å². The van der Waals surface area contributed by atoms with E-state index in [1.807, 2.05) is 13.8 Å². The second kappa shape index (κ2) is 4.92. The molecule has 0 amide bonds. The van der Waals surface area contributed by atoms with Gasteiger partial charge in [0.2, 0.25) is 0 Å². The Labute approximate surface area is 87.7 Å². The van der Waals surface area contributed by atoms with E-state index in [4.69, 9.17) is 0 Å². The largest absolute Gasteiger partial charge is 0.302 e. The number of carbonyl (C=O) groups excluding carboxylic acids is 1. The van der Waals surface area contributed by atoms with Gasteiger partial charge in [-0.15, -0.1) is 0 Å². The Hall–Kier alpha value is -0.370. The van der Waals surface area contributed by atoms with Crippen molar-refractivity contribution in [1.29, 1.82) is 0 Å². The highest BCUT2D eigenvalue weighted by atomic mass is 16.1. The van der Waals surface area contributed by atoms with Crippen LogP contribution in [0.3, 0.4) is 0 Å². The summed E-state index contributed by atoms with van der Waals surface area (Å²) < 4.78 is 0. The Morgan fingerprint density at radius 3 is 2.21 bits per heavy atom. The summed E-state index contributed by atoms with van der Waals surface area (Å²) in [5.41, 5.74) is 0. The molecule has 0 spiro atoms. The molecular weight excluding hydrogens is 174 g/mol. The molecule has 2 aliphatic rings. The number of likely N-dealkylation sites (tertiary alicyclic amines) is 1. The van der Waals surface area contributed by atoms with Crippen molar-refractivity contribution >= 4 is 5.78 Å². The maximum atomic E-state index is 10.7. The molecule has 1 aliphatic carbocycles. The van der Waals surface area contributed by atoms with Gasteiger partial charge in [0, 0.05) is 26.1 Å². The zero-order chi connectivity index (χ0) is 10.7. The first-order chi connectivity index (χ1) is 6.68. The zero-order valence-corrected chi connectivity index (χ0v) is 9.92. The second-order valence-corrected chi connectivity index (χ2v) is 4.40. The van der Waals surface area contributed by atoms with Gasteiger partial charge in [0.15, 0.2) is 0 Å². The Bertz CT molecular complexity index is 190. The SMILES string of the molecule is CC.CC(=O)CCN1CC2C(C)C2C1. The van der Waals surface area contributed by atoms with Crippen molar-refractivity contribution in [3.8, 4) is 0 Å². The zero-order valence-electron chi connectivity index (χ0n) is 9.92. The second-order valence-electron chi connectivity index (χ2n) is 4.40. The molecule has 82 valence electrons. The minimum Gasteiger partial charge on any atom is -0.302 e. The highest BCUT2D eigenvalue weighted by Crippen LogP contribution is 2.50.